The second kappa shape index (κ2) is 4.52. The summed E-state index contributed by atoms with van der Waals surface area (Å²) in [6, 6.07) is 1.62. The average molecular weight is 327 g/mol. The molecule has 1 N–H and O–H groups in total. The van der Waals surface area contributed by atoms with E-state index in [1.54, 1.807) is 40.1 Å². The van der Waals surface area contributed by atoms with E-state index in [2.05, 4.69) is 20.9 Å². The lowest BCUT2D eigenvalue weighted by molar-refractivity contribution is 0.00639. The number of halogens is 1. The van der Waals surface area contributed by atoms with Gasteiger partial charge in [0.15, 0.2) is 0 Å². The first-order valence-corrected chi connectivity index (χ1v) is 6.59. The molecule has 0 amide bonds. The molecule has 0 saturated carbocycles. The maximum absolute atomic E-state index is 12.0. The number of esters is 1. The van der Waals surface area contributed by atoms with Gasteiger partial charge in [-0.2, -0.15) is 0 Å². The Morgan fingerprint density at radius 3 is 2.63 bits per heavy atom. The Kier molecular flexibility index (Phi) is 3.30. The van der Waals surface area contributed by atoms with Crippen LogP contribution in [0.2, 0.25) is 0 Å². The van der Waals surface area contributed by atoms with Crippen LogP contribution < -0.4 is 5.56 Å². The molecule has 0 atom stereocenters. The number of aromatic amines is 1. The molecule has 0 aromatic carbocycles. The average Bonchev–Trinajstić information content (AvgIpc) is 2.69. The van der Waals surface area contributed by atoms with Gasteiger partial charge in [-0.3, -0.25) is 4.79 Å². The van der Waals surface area contributed by atoms with E-state index in [-0.39, 0.29) is 11.3 Å². The van der Waals surface area contributed by atoms with E-state index in [0.717, 1.165) is 4.47 Å². The number of aryl methyl sites for hydroxylation is 1. The van der Waals surface area contributed by atoms with Gasteiger partial charge in [0.25, 0.3) is 5.56 Å². The number of hydrogen-bond donors (Lipinski definition) is 1. The summed E-state index contributed by atoms with van der Waals surface area (Å²) >= 11 is 3.37. The number of nitrogens with one attached hydrogen (secondary N) is 1. The normalized spacial score (nSPS) is 11.8. The maximum atomic E-state index is 12.0. The molecule has 0 unspecified atom stereocenters. The van der Waals surface area contributed by atoms with Crippen LogP contribution in [0.5, 0.6) is 0 Å². The van der Waals surface area contributed by atoms with Crippen LogP contribution in [-0.2, 0) is 11.8 Å². The van der Waals surface area contributed by atoms with Crippen molar-refractivity contribution in [3.8, 4) is 0 Å². The van der Waals surface area contributed by atoms with Crippen molar-refractivity contribution in [3.05, 3.63) is 32.8 Å². The predicted molar refractivity (Wildman–Crippen MR) is 76.4 cm³/mol. The molecule has 102 valence electrons. The van der Waals surface area contributed by atoms with Gasteiger partial charge in [-0.05, 0) is 42.8 Å². The molecular formula is C13H15BrN2O3. The van der Waals surface area contributed by atoms with Crippen LogP contribution in [0.4, 0.5) is 0 Å². The molecule has 0 spiro atoms. The van der Waals surface area contributed by atoms with Gasteiger partial charge in [0.2, 0.25) is 0 Å². The van der Waals surface area contributed by atoms with Crippen molar-refractivity contribution in [2.75, 3.05) is 0 Å². The highest BCUT2D eigenvalue weighted by atomic mass is 79.9. The standard InChI is InChI=1S/C13H15BrN2O3/c1-13(2,3)19-12(18)9-5-7-8(14)6-16(4)11(17)10(7)15-9/h5-6,15H,1-4H3. The van der Waals surface area contributed by atoms with Crippen molar-refractivity contribution in [1.29, 1.82) is 0 Å². The van der Waals surface area contributed by atoms with Crippen LogP contribution in [0.3, 0.4) is 0 Å². The van der Waals surface area contributed by atoms with Crippen molar-refractivity contribution in [1.82, 2.24) is 9.55 Å². The first-order chi connectivity index (χ1) is 8.69. The number of carbonyl (C=O) groups is 1. The van der Waals surface area contributed by atoms with Gasteiger partial charge < -0.3 is 14.3 Å². The minimum atomic E-state index is -0.573. The zero-order chi connectivity index (χ0) is 14.4. The topological polar surface area (TPSA) is 64.1 Å². The number of rotatable bonds is 1. The molecule has 6 heteroatoms. The second-order valence-corrected chi connectivity index (χ2v) is 6.22. The summed E-state index contributed by atoms with van der Waals surface area (Å²) in [6.07, 6.45) is 1.66. The Morgan fingerprint density at radius 1 is 1.42 bits per heavy atom. The summed E-state index contributed by atoms with van der Waals surface area (Å²) in [6.45, 7) is 5.38. The number of H-pyrrole nitrogens is 1. The molecule has 19 heavy (non-hydrogen) atoms. The highest BCUT2D eigenvalue weighted by Gasteiger charge is 2.20. The van der Waals surface area contributed by atoms with Crippen molar-refractivity contribution >= 4 is 32.8 Å². The second-order valence-electron chi connectivity index (χ2n) is 5.37. The van der Waals surface area contributed by atoms with Gasteiger partial charge in [0, 0.05) is 23.1 Å². The molecule has 0 fully saturated rings. The molecule has 2 rings (SSSR count). The smallest absolute Gasteiger partial charge is 0.355 e. The number of pyridine rings is 1. The molecule has 5 nitrogen and oxygen atoms in total. The number of carbonyl (C=O) groups excluding carboxylic acids is 1. The summed E-state index contributed by atoms with van der Waals surface area (Å²) < 4.78 is 7.46. The van der Waals surface area contributed by atoms with Crippen LogP contribution in [0.15, 0.2) is 21.5 Å². The Hall–Kier alpha value is -1.56. The predicted octanol–water partition coefficient (Wildman–Crippen LogP) is 2.58. The van der Waals surface area contributed by atoms with Crippen molar-refractivity contribution in [2.45, 2.75) is 26.4 Å². The summed E-state index contributed by atoms with van der Waals surface area (Å²) in [4.78, 5) is 26.8. The first kappa shape index (κ1) is 13.9. The van der Waals surface area contributed by atoms with Gasteiger partial charge in [-0.15, -0.1) is 0 Å². The van der Waals surface area contributed by atoms with Gasteiger partial charge in [0.1, 0.15) is 16.8 Å². The van der Waals surface area contributed by atoms with E-state index in [4.69, 9.17) is 4.74 Å². The first-order valence-electron chi connectivity index (χ1n) is 5.80. The van der Waals surface area contributed by atoms with E-state index in [1.807, 2.05) is 0 Å². The third-order valence-corrected chi connectivity index (χ3v) is 3.17. The molecule has 0 aliphatic carbocycles. The summed E-state index contributed by atoms with van der Waals surface area (Å²) in [5.41, 5.74) is -0.101. The Balaban J connectivity index is 2.54. The number of aromatic nitrogens is 2. The zero-order valence-corrected chi connectivity index (χ0v) is 12.8. The van der Waals surface area contributed by atoms with Crippen molar-refractivity contribution in [3.63, 3.8) is 0 Å². The lowest BCUT2D eigenvalue weighted by Gasteiger charge is -2.18. The Bertz CT molecular complexity index is 707. The Morgan fingerprint density at radius 2 is 2.05 bits per heavy atom. The summed E-state index contributed by atoms with van der Waals surface area (Å²) in [5.74, 6) is -0.474. The number of fused-ring (bicyclic) bond motifs is 1. The molecular weight excluding hydrogens is 312 g/mol. The lowest BCUT2D eigenvalue weighted by atomic mass is 10.2. The van der Waals surface area contributed by atoms with E-state index in [9.17, 15) is 9.59 Å². The third kappa shape index (κ3) is 2.73. The SMILES string of the molecule is Cn1cc(Br)c2cc(C(=O)OC(C)(C)C)[nH]c2c1=O. The van der Waals surface area contributed by atoms with E-state index in [1.165, 1.54) is 4.57 Å². The highest BCUT2D eigenvalue weighted by Crippen LogP contribution is 2.23. The van der Waals surface area contributed by atoms with Crippen molar-refractivity contribution in [2.24, 2.45) is 7.05 Å². The molecule has 2 aromatic heterocycles. The molecule has 2 aromatic rings. The van der Waals surface area contributed by atoms with Crippen LogP contribution in [0, 0.1) is 0 Å². The fraction of sp³-hybridized carbons (Fsp3) is 0.385. The number of nitrogens with zero attached hydrogens (tertiary/aromatic N) is 1. The van der Waals surface area contributed by atoms with Crippen molar-refractivity contribution < 1.29 is 9.53 Å². The van der Waals surface area contributed by atoms with Crippen LogP contribution in [0.1, 0.15) is 31.3 Å². The van der Waals surface area contributed by atoms with Gasteiger partial charge in [-0.25, -0.2) is 4.79 Å². The fourth-order valence-corrected chi connectivity index (χ4v) is 2.35. The number of ether oxygens (including phenoxy) is 1. The quantitative estimate of drug-likeness (QED) is 0.819. The Labute approximate surface area is 118 Å². The van der Waals surface area contributed by atoms with Crippen LogP contribution in [-0.4, -0.2) is 21.1 Å². The minimum absolute atomic E-state index is 0.187. The molecule has 0 aliphatic heterocycles. The number of hydrogen-bond acceptors (Lipinski definition) is 3. The fourth-order valence-electron chi connectivity index (χ4n) is 1.73. The lowest BCUT2D eigenvalue weighted by Crippen LogP contribution is -2.24. The maximum Gasteiger partial charge on any atom is 0.355 e. The third-order valence-electron chi connectivity index (χ3n) is 2.53. The van der Waals surface area contributed by atoms with Gasteiger partial charge in [-0.1, -0.05) is 0 Å². The molecule has 0 saturated heterocycles. The summed E-state index contributed by atoms with van der Waals surface area (Å²) in [7, 11) is 1.65. The van der Waals surface area contributed by atoms with Crippen LogP contribution in [0.25, 0.3) is 10.9 Å². The van der Waals surface area contributed by atoms with Gasteiger partial charge >= 0.3 is 5.97 Å². The highest BCUT2D eigenvalue weighted by molar-refractivity contribution is 9.10. The van der Waals surface area contributed by atoms with Crippen LogP contribution >= 0.6 is 15.9 Å². The molecule has 0 aliphatic rings. The monoisotopic (exact) mass is 326 g/mol. The minimum Gasteiger partial charge on any atom is -0.455 e. The largest absolute Gasteiger partial charge is 0.455 e. The summed E-state index contributed by atoms with van der Waals surface area (Å²) in [5, 5.41) is 0.670. The molecule has 0 radical (unpaired) electrons. The van der Waals surface area contributed by atoms with E-state index >= 15 is 0 Å². The molecule has 2 heterocycles. The van der Waals surface area contributed by atoms with E-state index < -0.39 is 11.6 Å². The van der Waals surface area contributed by atoms with E-state index in [0.29, 0.717) is 10.9 Å². The molecule has 0 bridgehead atoms. The van der Waals surface area contributed by atoms with Gasteiger partial charge in [0.05, 0.1) is 0 Å². The zero-order valence-electron chi connectivity index (χ0n) is 11.2.